The van der Waals surface area contributed by atoms with E-state index in [1.54, 1.807) is 23.9 Å². The summed E-state index contributed by atoms with van der Waals surface area (Å²) in [6.07, 6.45) is 1.77. The van der Waals surface area contributed by atoms with E-state index in [4.69, 9.17) is 9.72 Å². The molecule has 8 heteroatoms. The van der Waals surface area contributed by atoms with E-state index in [0.29, 0.717) is 39.8 Å². The summed E-state index contributed by atoms with van der Waals surface area (Å²) in [6.45, 7) is 4.25. The van der Waals surface area contributed by atoms with Gasteiger partial charge in [-0.05, 0) is 37.6 Å². The van der Waals surface area contributed by atoms with Crippen LogP contribution in [-0.4, -0.2) is 32.7 Å². The summed E-state index contributed by atoms with van der Waals surface area (Å²) in [4.78, 5) is 34.9. The van der Waals surface area contributed by atoms with Crippen molar-refractivity contribution in [3.63, 3.8) is 0 Å². The SMILES string of the molecule is COC[C@@H](C)n1c(SCc2cc(=O)n3cc(C)ccc3n2)nc2ccccc2c1=O. The third-order valence-corrected chi connectivity index (χ3v) is 5.82. The van der Waals surface area contributed by atoms with E-state index < -0.39 is 0 Å². The van der Waals surface area contributed by atoms with Crippen LogP contribution in [0, 0.1) is 6.92 Å². The zero-order valence-electron chi connectivity index (χ0n) is 17.0. The summed E-state index contributed by atoms with van der Waals surface area (Å²) < 4.78 is 8.46. The number of aryl methyl sites for hydroxylation is 1. The van der Waals surface area contributed by atoms with Gasteiger partial charge in [-0.3, -0.25) is 18.6 Å². The lowest BCUT2D eigenvalue weighted by atomic mass is 10.2. The number of para-hydroxylation sites is 1. The van der Waals surface area contributed by atoms with Crippen molar-refractivity contribution in [1.29, 1.82) is 0 Å². The third-order valence-electron chi connectivity index (χ3n) is 4.83. The third kappa shape index (κ3) is 3.88. The second kappa shape index (κ2) is 8.41. The normalized spacial score (nSPS) is 12.5. The van der Waals surface area contributed by atoms with Gasteiger partial charge in [0, 0.05) is 25.1 Å². The number of methoxy groups -OCH3 is 1. The molecule has 154 valence electrons. The molecule has 0 spiro atoms. The lowest BCUT2D eigenvalue weighted by Crippen LogP contribution is -2.28. The number of rotatable bonds is 6. The molecule has 0 aliphatic rings. The van der Waals surface area contributed by atoms with E-state index in [1.807, 2.05) is 44.2 Å². The van der Waals surface area contributed by atoms with Gasteiger partial charge in [0.25, 0.3) is 11.1 Å². The molecule has 0 aliphatic heterocycles. The van der Waals surface area contributed by atoms with Gasteiger partial charge in [0.15, 0.2) is 5.16 Å². The van der Waals surface area contributed by atoms with E-state index >= 15 is 0 Å². The summed E-state index contributed by atoms with van der Waals surface area (Å²) in [5, 5.41) is 1.15. The first-order chi connectivity index (χ1) is 14.5. The fraction of sp³-hybridized carbons (Fsp3) is 0.273. The zero-order valence-corrected chi connectivity index (χ0v) is 17.8. The molecule has 0 radical (unpaired) electrons. The van der Waals surface area contributed by atoms with Crippen molar-refractivity contribution in [3.8, 4) is 0 Å². The minimum Gasteiger partial charge on any atom is -0.383 e. The summed E-state index contributed by atoms with van der Waals surface area (Å²) in [7, 11) is 1.61. The lowest BCUT2D eigenvalue weighted by molar-refractivity contribution is 0.156. The second-order valence-corrected chi connectivity index (χ2v) is 8.14. The van der Waals surface area contributed by atoms with E-state index in [2.05, 4.69) is 4.98 Å². The predicted molar refractivity (Wildman–Crippen MR) is 118 cm³/mol. The zero-order chi connectivity index (χ0) is 21.3. The highest BCUT2D eigenvalue weighted by molar-refractivity contribution is 7.98. The standard InChI is InChI=1S/C22H22N4O3S/c1-14-8-9-19-23-16(10-20(27)25(19)11-14)13-30-22-24-18-7-5-4-6-17(18)21(28)26(22)15(2)12-29-3/h4-11,15H,12-13H2,1-3H3/t15-/m1/s1. The first-order valence-electron chi connectivity index (χ1n) is 9.60. The molecule has 0 aliphatic carbocycles. The van der Waals surface area contributed by atoms with E-state index in [1.165, 1.54) is 22.2 Å². The van der Waals surface area contributed by atoms with Crippen molar-refractivity contribution in [2.24, 2.45) is 0 Å². The van der Waals surface area contributed by atoms with E-state index in [9.17, 15) is 9.59 Å². The van der Waals surface area contributed by atoms with Gasteiger partial charge in [0.1, 0.15) is 5.65 Å². The number of fused-ring (bicyclic) bond motifs is 2. The molecule has 1 aromatic carbocycles. The van der Waals surface area contributed by atoms with Crippen LogP contribution in [0.3, 0.4) is 0 Å². The Morgan fingerprint density at radius 3 is 2.73 bits per heavy atom. The maximum atomic E-state index is 13.1. The highest BCUT2D eigenvalue weighted by Crippen LogP contribution is 2.24. The molecule has 7 nitrogen and oxygen atoms in total. The number of thioether (sulfide) groups is 1. The molecule has 1 atom stereocenters. The van der Waals surface area contributed by atoms with Gasteiger partial charge in [0.05, 0.1) is 29.2 Å². The Balaban J connectivity index is 1.74. The van der Waals surface area contributed by atoms with Crippen LogP contribution in [0.1, 0.15) is 24.2 Å². The Bertz CT molecular complexity index is 1350. The number of benzene rings is 1. The molecule has 0 unspecified atom stereocenters. The van der Waals surface area contributed by atoms with Gasteiger partial charge >= 0.3 is 0 Å². The number of aromatic nitrogens is 4. The van der Waals surface area contributed by atoms with Crippen molar-refractivity contribution in [2.45, 2.75) is 30.8 Å². The van der Waals surface area contributed by atoms with Crippen molar-refractivity contribution in [2.75, 3.05) is 13.7 Å². The van der Waals surface area contributed by atoms with Crippen molar-refractivity contribution >= 4 is 28.3 Å². The van der Waals surface area contributed by atoms with Crippen molar-refractivity contribution < 1.29 is 4.74 Å². The van der Waals surface area contributed by atoms with Gasteiger partial charge in [-0.25, -0.2) is 9.97 Å². The smallest absolute Gasteiger partial charge is 0.262 e. The molecule has 0 N–H and O–H groups in total. The maximum Gasteiger partial charge on any atom is 0.262 e. The number of pyridine rings is 1. The Morgan fingerprint density at radius 2 is 1.93 bits per heavy atom. The highest BCUT2D eigenvalue weighted by Gasteiger charge is 2.17. The molecule has 0 fully saturated rings. The van der Waals surface area contributed by atoms with Gasteiger partial charge in [-0.1, -0.05) is 30.0 Å². The Labute approximate surface area is 177 Å². The summed E-state index contributed by atoms with van der Waals surface area (Å²) in [5.74, 6) is 0.421. The molecule has 4 rings (SSSR count). The van der Waals surface area contributed by atoms with Gasteiger partial charge in [-0.2, -0.15) is 0 Å². The molecule has 4 aromatic rings. The fourth-order valence-corrected chi connectivity index (χ4v) is 4.39. The minimum absolute atomic E-state index is 0.102. The van der Waals surface area contributed by atoms with Crippen LogP contribution < -0.4 is 11.1 Å². The van der Waals surface area contributed by atoms with E-state index in [-0.39, 0.29) is 17.2 Å². The fourth-order valence-electron chi connectivity index (χ4n) is 3.40. The molecule has 0 bridgehead atoms. The van der Waals surface area contributed by atoms with Crippen LogP contribution in [0.2, 0.25) is 0 Å². The molecule has 3 aromatic heterocycles. The van der Waals surface area contributed by atoms with Gasteiger partial charge in [0.2, 0.25) is 0 Å². The van der Waals surface area contributed by atoms with Gasteiger partial charge in [-0.15, -0.1) is 0 Å². The average molecular weight is 423 g/mol. The summed E-state index contributed by atoms with van der Waals surface area (Å²) in [6, 6.07) is 12.4. The van der Waals surface area contributed by atoms with Crippen LogP contribution in [0.25, 0.3) is 16.6 Å². The van der Waals surface area contributed by atoms with Crippen LogP contribution in [-0.2, 0) is 10.5 Å². The highest BCUT2D eigenvalue weighted by atomic mass is 32.2. The van der Waals surface area contributed by atoms with Crippen LogP contribution >= 0.6 is 11.8 Å². The van der Waals surface area contributed by atoms with Crippen LogP contribution in [0.4, 0.5) is 0 Å². The molecular formula is C22H22N4O3S. The number of ether oxygens (including phenoxy) is 1. The van der Waals surface area contributed by atoms with Crippen LogP contribution in [0.15, 0.2) is 63.4 Å². The first kappa shape index (κ1) is 20.3. The predicted octanol–water partition coefficient (Wildman–Crippen LogP) is 3.21. The molecule has 0 amide bonds. The van der Waals surface area contributed by atoms with Crippen LogP contribution in [0.5, 0.6) is 0 Å². The summed E-state index contributed by atoms with van der Waals surface area (Å²) in [5.41, 5.74) is 2.64. The molecule has 30 heavy (non-hydrogen) atoms. The Kier molecular flexibility index (Phi) is 5.69. The lowest BCUT2D eigenvalue weighted by Gasteiger charge is -2.18. The van der Waals surface area contributed by atoms with Crippen molar-refractivity contribution in [3.05, 3.63) is 80.6 Å². The second-order valence-electron chi connectivity index (χ2n) is 7.20. The number of nitrogens with zero attached hydrogens (tertiary/aromatic N) is 4. The van der Waals surface area contributed by atoms with E-state index in [0.717, 1.165) is 5.56 Å². The first-order valence-corrected chi connectivity index (χ1v) is 10.6. The quantitative estimate of drug-likeness (QED) is 0.351. The topological polar surface area (TPSA) is 78.5 Å². The monoisotopic (exact) mass is 422 g/mol. The number of hydrogen-bond donors (Lipinski definition) is 0. The Hall–Kier alpha value is -2.97. The molecule has 0 saturated heterocycles. The largest absolute Gasteiger partial charge is 0.383 e. The molecule has 0 saturated carbocycles. The summed E-state index contributed by atoms with van der Waals surface area (Å²) >= 11 is 1.39. The average Bonchev–Trinajstić information content (AvgIpc) is 2.73. The van der Waals surface area contributed by atoms with Gasteiger partial charge < -0.3 is 4.74 Å². The van der Waals surface area contributed by atoms with Crippen molar-refractivity contribution in [1.82, 2.24) is 18.9 Å². The number of hydrogen-bond acceptors (Lipinski definition) is 6. The maximum absolute atomic E-state index is 13.1. The molecule has 3 heterocycles. The minimum atomic E-state index is -0.180. The Morgan fingerprint density at radius 1 is 1.13 bits per heavy atom. The molecular weight excluding hydrogens is 400 g/mol.